The zero-order valence-corrected chi connectivity index (χ0v) is 8.56. The van der Waals surface area contributed by atoms with Gasteiger partial charge in [0.25, 0.3) is 6.43 Å². The maximum absolute atomic E-state index is 13.3. The van der Waals surface area contributed by atoms with Crippen molar-refractivity contribution >= 4 is 15.9 Å². The van der Waals surface area contributed by atoms with Crippen molar-refractivity contribution in [3.63, 3.8) is 0 Å². The molecule has 0 saturated carbocycles. The molecule has 0 aliphatic heterocycles. The van der Waals surface area contributed by atoms with Gasteiger partial charge < -0.3 is 5.11 Å². The molecule has 0 unspecified atom stereocenters. The van der Waals surface area contributed by atoms with E-state index in [1.165, 1.54) is 0 Å². The molecule has 1 rings (SSSR count). The maximum Gasteiger partial charge on any atom is 0.268 e. The molecule has 1 aromatic heterocycles. The molecule has 0 spiro atoms. The van der Waals surface area contributed by atoms with Gasteiger partial charge in [0.15, 0.2) is 0 Å². The van der Waals surface area contributed by atoms with Crippen molar-refractivity contribution in [2.45, 2.75) is 18.4 Å². The van der Waals surface area contributed by atoms with Crippen LogP contribution in [0, 0.1) is 5.82 Å². The predicted octanol–water partition coefficient (Wildman–Crippen LogP) is 2.55. The largest absolute Gasteiger partial charge is 0.392 e. The van der Waals surface area contributed by atoms with Gasteiger partial charge in [0, 0.05) is 17.1 Å². The lowest BCUT2D eigenvalue weighted by Gasteiger charge is -2.09. The lowest BCUT2D eigenvalue weighted by atomic mass is 10.1. The minimum absolute atomic E-state index is 0.0466. The molecule has 78 valence electrons. The molecule has 6 heteroatoms. The smallest absolute Gasteiger partial charge is 0.268 e. The van der Waals surface area contributed by atoms with Gasteiger partial charge in [-0.25, -0.2) is 13.2 Å². The van der Waals surface area contributed by atoms with Crippen LogP contribution in [0.5, 0.6) is 0 Å². The molecule has 0 amide bonds. The molecule has 0 radical (unpaired) electrons. The Labute approximate surface area is 86.9 Å². The highest BCUT2D eigenvalue weighted by molar-refractivity contribution is 9.08. The van der Waals surface area contributed by atoms with Crippen LogP contribution in [0.15, 0.2) is 6.20 Å². The summed E-state index contributed by atoms with van der Waals surface area (Å²) in [4.78, 5) is 3.62. The van der Waals surface area contributed by atoms with Gasteiger partial charge in [0.1, 0.15) is 5.82 Å². The third kappa shape index (κ3) is 2.06. The third-order valence-corrected chi connectivity index (χ3v) is 2.25. The Morgan fingerprint density at radius 3 is 2.57 bits per heavy atom. The van der Waals surface area contributed by atoms with Gasteiger partial charge in [-0.15, -0.1) is 0 Å². The van der Waals surface area contributed by atoms with Crippen LogP contribution >= 0.6 is 15.9 Å². The van der Waals surface area contributed by atoms with Crippen molar-refractivity contribution in [2.24, 2.45) is 0 Å². The van der Waals surface area contributed by atoms with Crippen LogP contribution in [0.3, 0.4) is 0 Å². The molecule has 14 heavy (non-hydrogen) atoms. The number of aromatic nitrogens is 1. The maximum atomic E-state index is 13.3. The lowest BCUT2D eigenvalue weighted by molar-refractivity contribution is 0.144. The highest BCUT2D eigenvalue weighted by Crippen LogP contribution is 2.27. The molecule has 0 saturated heterocycles. The van der Waals surface area contributed by atoms with Crippen molar-refractivity contribution in [3.05, 3.63) is 28.8 Å². The lowest BCUT2D eigenvalue weighted by Crippen LogP contribution is -2.04. The summed E-state index contributed by atoms with van der Waals surface area (Å²) in [5, 5.41) is 8.70. The molecule has 0 aliphatic rings. The molecule has 1 N–H and O–H groups in total. The second-order valence-corrected chi connectivity index (χ2v) is 3.11. The number of nitrogens with zero attached hydrogens (tertiary/aromatic N) is 1. The van der Waals surface area contributed by atoms with Gasteiger partial charge in [0.05, 0.1) is 17.9 Å². The van der Waals surface area contributed by atoms with Crippen LogP contribution in [0.25, 0.3) is 0 Å². The van der Waals surface area contributed by atoms with Crippen LogP contribution in [-0.2, 0) is 11.9 Å². The van der Waals surface area contributed by atoms with E-state index in [0.29, 0.717) is 0 Å². The number of aliphatic hydroxyl groups excluding tert-OH is 1. The molecule has 1 aromatic rings. The first kappa shape index (κ1) is 11.5. The fourth-order valence-electron chi connectivity index (χ4n) is 1.02. The topological polar surface area (TPSA) is 33.1 Å². The molecule has 0 fully saturated rings. The van der Waals surface area contributed by atoms with E-state index in [1.807, 2.05) is 0 Å². The molecule has 0 aliphatic carbocycles. The molecular formula is C8H7BrF3NO. The summed E-state index contributed by atoms with van der Waals surface area (Å²) < 4.78 is 38.1. The number of pyridine rings is 1. The number of halogens is 4. The summed E-state index contributed by atoms with van der Waals surface area (Å²) in [5.41, 5.74) is -1.01. The van der Waals surface area contributed by atoms with Gasteiger partial charge >= 0.3 is 0 Å². The van der Waals surface area contributed by atoms with Crippen molar-refractivity contribution in [2.75, 3.05) is 0 Å². The van der Waals surface area contributed by atoms with Gasteiger partial charge in [-0.2, -0.15) is 0 Å². The van der Waals surface area contributed by atoms with Gasteiger partial charge in [0.2, 0.25) is 0 Å². The fraction of sp³-hybridized carbons (Fsp3) is 0.375. The Hall–Kier alpha value is -0.620. The van der Waals surface area contributed by atoms with E-state index in [0.717, 1.165) is 6.20 Å². The second-order valence-electron chi connectivity index (χ2n) is 2.55. The van der Waals surface area contributed by atoms with Crippen LogP contribution in [0.4, 0.5) is 13.2 Å². The molecule has 1 heterocycles. The number of aliphatic hydroxyl groups is 1. The fourth-order valence-corrected chi connectivity index (χ4v) is 1.47. The van der Waals surface area contributed by atoms with E-state index >= 15 is 0 Å². The van der Waals surface area contributed by atoms with Gasteiger partial charge in [-0.1, -0.05) is 15.9 Å². The Morgan fingerprint density at radius 2 is 2.14 bits per heavy atom. The van der Waals surface area contributed by atoms with Crippen molar-refractivity contribution in [1.82, 2.24) is 4.98 Å². The van der Waals surface area contributed by atoms with E-state index in [-0.39, 0.29) is 16.6 Å². The molecule has 0 atom stereocenters. The van der Waals surface area contributed by atoms with Crippen LogP contribution in [-0.4, -0.2) is 10.1 Å². The average Bonchev–Trinajstić information content (AvgIpc) is 2.16. The number of rotatable bonds is 3. The SMILES string of the molecule is OCc1cnc(CBr)c(C(F)F)c1F. The standard InChI is InChI=1S/C8H7BrF3NO/c9-1-5-6(8(11)12)7(10)4(3-14)2-13-5/h2,8,14H,1,3H2. The Kier molecular flexibility index (Phi) is 3.88. The second kappa shape index (κ2) is 4.75. The highest BCUT2D eigenvalue weighted by Gasteiger charge is 2.21. The predicted molar refractivity (Wildman–Crippen MR) is 47.7 cm³/mol. The zero-order chi connectivity index (χ0) is 10.7. The summed E-state index contributed by atoms with van der Waals surface area (Å²) in [7, 11) is 0. The molecule has 2 nitrogen and oxygen atoms in total. The Bertz CT molecular complexity index is 333. The minimum atomic E-state index is -2.93. The first-order valence-electron chi connectivity index (χ1n) is 3.73. The molecule has 0 bridgehead atoms. The Morgan fingerprint density at radius 1 is 1.50 bits per heavy atom. The summed E-state index contributed by atoms with van der Waals surface area (Å²) in [5.74, 6) is -1.08. The summed E-state index contributed by atoms with van der Waals surface area (Å²) in [6.45, 7) is -0.638. The van der Waals surface area contributed by atoms with Crippen molar-refractivity contribution in [3.8, 4) is 0 Å². The van der Waals surface area contributed by atoms with Crippen LogP contribution in [0.1, 0.15) is 23.2 Å². The number of hydrogen-bond acceptors (Lipinski definition) is 2. The van der Waals surface area contributed by atoms with E-state index in [2.05, 4.69) is 20.9 Å². The molecule has 0 aromatic carbocycles. The number of alkyl halides is 3. The van der Waals surface area contributed by atoms with Gasteiger partial charge in [-0.05, 0) is 0 Å². The van der Waals surface area contributed by atoms with E-state index in [9.17, 15) is 13.2 Å². The summed E-state index contributed by atoms with van der Waals surface area (Å²) in [6, 6.07) is 0. The monoisotopic (exact) mass is 269 g/mol. The van der Waals surface area contributed by atoms with Crippen molar-refractivity contribution in [1.29, 1.82) is 0 Å². The highest BCUT2D eigenvalue weighted by atomic mass is 79.9. The van der Waals surface area contributed by atoms with Crippen molar-refractivity contribution < 1.29 is 18.3 Å². The quantitative estimate of drug-likeness (QED) is 0.856. The van der Waals surface area contributed by atoms with E-state index in [1.54, 1.807) is 0 Å². The summed E-state index contributed by atoms with van der Waals surface area (Å²) >= 11 is 2.93. The number of hydrogen-bond donors (Lipinski definition) is 1. The molecular weight excluding hydrogens is 263 g/mol. The first-order chi connectivity index (χ1) is 6.61. The van der Waals surface area contributed by atoms with Gasteiger partial charge in [-0.3, -0.25) is 4.98 Å². The Balaban J connectivity index is 3.31. The van der Waals surface area contributed by atoms with Crippen LogP contribution < -0.4 is 0 Å². The zero-order valence-electron chi connectivity index (χ0n) is 6.98. The first-order valence-corrected chi connectivity index (χ1v) is 4.85. The van der Waals surface area contributed by atoms with E-state index < -0.39 is 24.4 Å². The minimum Gasteiger partial charge on any atom is -0.392 e. The van der Waals surface area contributed by atoms with Crippen LogP contribution in [0.2, 0.25) is 0 Å². The average molecular weight is 270 g/mol. The third-order valence-electron chi connectivity index (χ3n) is 1.72. The normalized spacial score (nSPS) is 11.0. The van der Waals surface area contributed by atoms with E-state index in [4.69, 9.17) is 5.11 Å². The summed E-state index contributed by atoms with van der Waals surface area (Å²) in [6.07, 6.45) is -1.88.